The predicted octanol–water partition coefficient (Wildman–Crippen LogP) is 4.77. The molecule has 0 atom stereocenters. The maximum absolute atomic E-state index is 11.5. The van der Waals surface area contributed by atoms with E-state index < -0.39 is 5.97 Å². The number of benzene rings is 2. The molecule has 1 aromatic heterocycles. The van der Waals surface area contributed by atoms with E-state index in [1.807, 2.05) is 30.3 Å². The Morgan fingerprint density at radius 2 is 1.65 bits per heavy atom. The van der Waals surface area contributed by atoms with Gasteiger partial charge < -0.3 is 14.6 Å². The summed E-state index contributed by atoms with van der Waals surface area (Å²) in [6, 6.07) is 18.6. The van der Waals surface area contributed by atoms with Crippen molar-refractivity contribution in [1.82, 2.24) is 4.98 Å². The van der Waals surface area contributed by atoms with E-state index in [2.05, 4.69) is 4.98 Å². The number of ether oxygens (including phenoxy) is 2. The van der Waals surface area contributed by atoms with Crippen LogP contribution in [0.2, 0.25) is 0 Å². The highest BCUT2D eigenvalue weighted by molar-refractivity contribution is 5.92. The van der Waals surface area contributed by atoms with Crippen LogP contribution in [0, 0.1) is 13.8 Å². The average Bonchev–Trinajstić information content (AvgIpc) is 2.61. The summed E-state index contributed by atoms with van der Waals surface area (Å²) in [6.07, 6.45) is 0. The van der Waals surface area contributed by atoms with Gasteiger partial charge in [0.25, 0.3) is 0 Å². The van der Waals surface area contributed by atoms with Crippen LogP contribution in [-0.4, -0.2) is 16.1 Å². The van der Waals surface area contributed by atoms with E-state index in [-0.39, 0.29) is 11.4 Å². The summed E-state index contributed by atoms with van der Waals surface area (Å²) in [6.45, 7) is 4.00. The second kappa shape index (κ2) is 7.70. The molecule has 3 aromatic rings. The van der Waals surface area contributed by atoms with Gasteiger partial charge in [0, 0.05) is 5.69 Å². The lowest BCUT2D eigenvalue weighted by Crippen LogP contribution is -2.06. The number of aryl methyl sites for hydroxylation is 2. The summed E-state index contributed by atoms with van der Waals surface area (Å²) in [5.41, 5.74) is 2.46. The minimum atomic E-state index is -1.06. The van der Waals surface area contributed by atoms with E-state index in [1.165, 1.54) is 0 Å². The smallest absolute Gasteiger partial charge is 0.341 e. The lowest BCUT2D eigenvalue weighted by Gasteiger charge is -2.12. The topological polar surface area (TPSA) is 68.7 Å². The van der Waals surface area contributed by atoms with Crippen LogP contribution in [0.1, 0.15) is 27.2 Å². The molecule has 0 aliphatic heterocycles. The van der Waals surface area contributed by atoms with Crippen molar-refractivity contribution in [1.29, 1.82) is 0 Å². The van der Waals surface area contributed by atoms with Crippen LogP contribution in [0.15, 0.2) is 60.7 Å². The number of hydrogen-bond acceptors (Lipinski definition) is 4. The quantitative estimate of drug-likeness (QED) is 0.694. The molecule has 0 saturated carbocycles. The number of rotatable bonds is 6. The maximum atomic E-state index is 11.5. The first kappa shape index (κ1) is 17.5. The van der Waals surface area contributed by atoms with Crippen molar-refractivity contribution < 1.29 is 19.4 Å². The van der Waals surface area contributed by atoms with Gasteiger partial charge in [0.15, 0.2) is 0 Å². The fourth-order valence-corrected chi connectivity index (χ4v) is 2.59. The first-order valence-electron chi connectivity index (χ1n) is 8.19. The minimum absolute atomic E-state index is 0.0694. The summed E-state index contributed by atoms with van der Waals surface area (Å²) < 4.78 is 11.4. The van der Waals surface area contributed by atoms with Gasteiger partial charge in [-0.05, 0) is 55.3 Å². The molecular formula is C21H19NO4. The molecule has 26 heavy (non-hydrogen) atoms. The number of pyridine rings is 1. The molecule has 1 N–H and O–H groups in total. The molecular weight excluding hydrogens is 330 g/mol. The third-order valence-electron chi connectivity index (χ3n) is 3.81. The summed E-state index contributed by atoms with van der Waals surface area (Å²) >= 11 is 0. The zero-order valence-electron chi connectivity index (χ0n) is 14.6. The Hall–Kier alpha value is -3.34. The standard InChI is InChI=1S/C21H19NO4/c1-14-12-15(2)22-20(19(14)21(23)24)26-18-10-8-17(9-11-18)25-13-16-6-4-3-5-7-16/h3-12H,13H2,1-2H3,(H,23,24). The van der Waals surface area contributed by atoms with E-state index in [1.54, 1.807) is 44.2 Å². The lowest BCUT2D eigenvalue weighted by molar-refractivity contribution is 0.0692. The van der Waals surface area contributed by atoms with Crippen molar-refractivity contribution >= 4 is 5.97 Å². The molecule has 5 heteroatoms. The molecule has 0 saturated heterocycles. The van der Waals surface area contributed by atoms with Crippen LogP contribution in [0.5, 0.6) is 17.4 Å². The molecule has 0 aliphatic rings. The van der Waals surface area contributed by atoms with Gasteiger partial charge in [-0.3, -0.25) is 0 Å². The first-order chi connectivity index (χ1) is 12.5. The fraction of sp³-hybridized carbons (Fsp3) is 0.143. The summed E-state index contributed by atoms with van der Waals surface area (Å²) in [4.78, 5) is 15.7. The van der Waals surface area contributed by atoms with Crippen molar-refractivity contribution in [3.8, 4) is 17.4 Å². The Kier molecular flexibility index (Phi) is 5.17. The van der Waals surface area contributed by atoms with E-state index in [0.717, 1.165) is 5.56 Å². The monoisotopic (exact) mass is 349 g/mol. The maximum Gasteiger partial charge on any atom is 0.341 e. The van der Waals surface area contributed by atoms with Crippen molar-refractivity contribution in [2.45, 2.75) is 20.5 Å². The second-order valence-electron chi connectivity index (χ2n) is 5.91. The van der Waals surface area contributed by atoms with Crippen LogP contribution >= 0.6 is 0 Å². The van der Waals surface area contributed by atoms with Crippen LogP contribution < -0.4 is 9.47 Å². The molecule has 0 fully saturated rings. The third-order valence-corrected chi connectivity index (χ3v) is 3.81. The number of carboxylic acid groups (broad SMARTS) is 1. The van der Waals surface area contributed by atoms with Gasteiger partial charge in [0.1, 0.15) is 23.7 Å². The molecule has 0 amide bonds. The summed E-state index contributed by atoms with van der Waals surface area (Å²) in [7, 11) is 0. The van der Waals surface area contributed by atoms with Gasteiger partial charge in [-0.2, -0.15) is 0 Å². The van der Waals surface area contributed by atoms with Crippen molar-refractivity contribution in [3.05, 3.63) is 83.0 Å². The van der Waals surface area contributed by atoms with Crippen LogP contribution in [0.3, 0.4) is 0 Å². The van der Waals surface area contributed by atoms with Crippen LogP contribution in [0.4, 0.5) is 0 Å². The number of carbonyl (C=O) groups is 1. The number of aromatic carboxylic acids is 1. The van der Waals surface area contributed by atoms with Crippen molar-refractivity contribution in [2.75, 3.05) is 0 Å². The number of hydrogen-bond donors (Lipinski definition) is 1. The highest BCUT2D eigenvalue weighted by Crippen LogP contribution is 2.28. The molecule has 0 aliphatic carbocycles. The molecule has 3 rings (SSSR count). The predicted molar refractivity (Wildman–Crippen MR) is 98.0 cm³/mol. The third kappa shape index (κ3) is 4.19. The number of nitrogens with zero attached hydrogens (tertiary/aromatic N) is 1. The highest BCUT2D eigenvalue weighted by Gasteiger charge is 2.17. The molecule has 132 valence electrons. The largest absolute Gasteiger partial charge is 0.489 e. The van der Waals surface area contributed by atoms with Gasteiger partial charge in [-0.15, -0.1) is 0 Å². The highest BCUT2D eigenvalue weighted by atomic mass is 16.5. The molecule has 2 aromatic carbocycles. The molecule has 0 radical (unpaired) electrons. The second-order valence-corrected chi connectivity index (χ2v) is 5.91. The Balaban J connectivity index is 1.73. The molecule has 5 nitrogen and oxygen atoms in total. The fourth-order valence-electron chi connectivity index (χ4n) is 2.59. The number of aromatic nitrogens is 1. The van der Waals surface area contributed by atoms with E-state index in [0.29, 0.717) is 29.4 Å². The van der Waals surface area contributed by atoms with Crippen molar-refractivity contribution in [2.24, 2.45) is 0 Å². The van der Waals surface area contributed by atoms with Gasteiger partial charge in [0.2, 0.25) is 5.88 Å². The Bertz CT molecular complexity index is 905. The Morgan fingerprint density at radius 1 is 1.00 bits per heavy atom. The van der Waals surface area contributed by atoms with E-state index in [9.17, 15) is 9.90 Å². The number of carboxylic acids is 1. The van der Waals surface area contributed by atoms with E-state index >= 15 is 0 Å². The molecule has 0 bridgehead atoms. The molecule has 0 unspecified atom stereocenters. The van der Waals surface area contributed by atoms with Gasteiger partial charge in [0.05, 0.1) is 0 Å². The summed E-state index contributed by atoms with van der Waals surface area (Å²) in [5, 5.41) is 9.40. The molecule has 0 spiro atoms. The van der Waals surface area contributed by atoms with Crippen LogP contribution in [0.25, 0.3) is 0 Å². The SMILES string of the molecule is Cc1cc(C)c(C(=O)O)c(Oc2ccc(OCc3ccccc3)cc2)n1. The Morgan fingerprint density at radius 3 is 2.31 bits per heavy atom. The zero-order chi connectivity index (χ0) is 18.5. The summed E-state index contributed by atoms with van der Waals surface area (Å²) in [5.74, 6) is 0.228. The normalized spacial score (nSPS) is 10.4. The van der Waals surface area contributed by atoms with Gasteiger partial charge >= 0.3 is 5.97 Å². The average molecular weight is 349 g/mol. The zero-order valence-corrected chi connectivity index (χ0v) is 14.6. The van der Waals surface area contributed by atoms with Gasteiger partial charge in [-0.1, -0.05) is 30.3 Å². The lowest BCUT2D eigenvalue weighted by atomic mass is 10.1. The Labute approximate surface area is 151 Å². The van der Waals surface area contributed by atoms with E-state index in [4.69, 9.17) is 9.47 Å². The minimum Gasteiger partial charge on any atom is -0.489 e. The van der Waals surface area contributed by atoms with Crippen LogP contribution in [-0.2, 0) is 6.61 Å². The van der Waals surface area contributed by atoms with Crippen molar-refractivity contribution in [3.63, 3.8) is 0 Å². The molecule has 1 heterocycles. The first-order valence-corrected chi connectivity index (χ1v) is 8.19. The van der Waals surface area contributed by atoms with Gasteiger partial charge in [-0.25, -0.2) is 9.78 Å².